The molecule has 7 nitrogen and oxygen atoms in total. The molecule has 1 spiro atoms. The van der Waals surface area contributed by atoms with Crippen LogP contribution in [0.1, 0.15) is 32.4 Å². The molecule has 2 aliphatic heterocycles. The third-order valence-electron chi connectivity index (χ3n) is 7.10. The van der Waals surface area contributed by atoms with Crippen molar-refractivity contribution in [1.82, 2.24) is 0 Å². The van der Waals surface area contributed by atoms with E-state index in [-0.39, 0.29) is 22.6 Å². The number of imide groups is 1. The van der Waals surface area contributed by atoms with E-state index >= 15 is 0 Å². The lowest BCUT2D eigenvalue weighted by atomic mass is 9.77. The molecule has 6 rings (SSSR count). The van der Waals surface area contributed by atoms with Gasteiger partial charge in [-0.2, -0.15) is 0 Å². The topological polar surface area (TPSA) is 90.0 Å². The normalized spacial score (nSPS) is 24.0. The molecular weight excluding hydrogens is 550 g/mol. The summed E-state index contributed by atoms with van der Waals surface area (Å²) in [6, 6.07) is 18.0. The van der Waals surface area contributed by atoms with Crippen molar-refractivity contribution in [1.29, 1.82) is 0 Å². The maximum absolute atomic E-state index is 14.0. The molecule has 3 aromatic carbocycles. The van der Waals surface area contributed by atoms with Crippen molar-refractivity contribution in [2.45, 2.75) is 11.7 Å². The highest BCUT2D eigenvalue weighted by atomic mass is 79.9. The zero-order valence-electron chi connectivity index (χ0n) is 18.7. The van der Waals surface area contributed by atoms with Crippen LogP contribution in [0.2, 0.25) is 5.02 Å². The number of ketones is 2. The molecule has 36 heavy (non-hydrogen) atoms. The molecule has 9 heteroatoms. The largest absolute Gasteiger partial charge is 0.495 e. The fourth-order valence-electron chi connectivity index (χ4n) is 5.55. The quantitative estimate of drug-likeness (QED) is 0.334. The van der Waals surface area contributed by atoms with Crippen LogP contribution in [0.3, 0.4) is 0 Å². The lowest BCUT2D eigenvalue weighted by molar-refractivity contribution is -0.127. The van der Waals surface area contributed by atoms with Crippen LogP contribution in [0.25, 0.3) is 0 Å². The van der Waals surface area contributed by atoms with Crippen LogP contribution in [0.15, 0.2) is 71.2 Å². The lowest BCUT2D eigenvalue weighted by Gasteiger charge is -2.27. The molecule has 2 fully saturated rings. The van der Waals surface area contributed by atoms with Gasteiger partial charge in [-0.05, 0) is 35.9 Å². The van der Waals surface area contributed by atoms with Gasteiger partial charge in [0.2, 0.25) is 29.0 Å². The number of Topliss-reactive ketones (excluding diaryl/α,β-unsaturated/α-hetero) is 2. The van der Waals surface area contributed by atoms with Gasteiger partial charge in [0, 0.05) is 20.6 Å². The molecule has 0 saturated carbocycles. The average Bonchev–Trinajstić information content (AvgIpc) is 3.44. The highest BCUT2D eigenvalue weighted by Crippen LogP contribution is 2.58. The molecule has 3 atom stereocenters. The zero-order chi connectivity index (χ0) is 25.4. The van der Waals surface area contributed by atoms with Gasteiger partial charge >= 0.3 is 0 Å². The van der Waals surface area contributed by atoms with Gasteiger partial charge in [0.15, 0.2) is 0 Å². The predicted octanol–water partition coefficient (Wildman–Crippen LogP) is 4.81. The fraction of sp³-hybridized carbons (Fsp3) is 0.185. The number of anilines is 1. The van der Waals surface area contributed by atoms with Crippen molar-refractivity contribution in [2.24, 2.45) is 11.8 Å². The van der Waals surface area contributed by atoms with Crippen molar-refractivity contribution in [3.8, 4) is 5.75 Å². The van der Waals surface area contributed by atoms with E-state index in [1.54, 1.807) is 48.5 Å². The van der Waals surface area contributed by atoms with Crippen LogP contribution in [0.5, 0.6) is 5.75 Å². The molecule has 0 aromatic heterocycles. The Hall–Kier alpha value is -3.33. The summed E-state index contributed by atoms with van der Waals surface area (Å²) in [4.78, 5) is 56.5. The first-order valence-electron chi connectivity index (χ1n) is 11.1. The smallest absolute Gasteiger partial charge is 0.241 e. The number of methoxy groups -OCH3 is 1. The van der Waals surface area contributed by atoms with Gasteiger partial charge in [-0.1, -0.05) is 63.9 Å². The highest BCUT2D eigenvalue weighted by molar-refractivity contribution is 9.10. The Balaban J connectivity index is 1.56. The molecule has 2 heterocycles. The molecule has 1 aliphatic carbocycles. The maximum Gasteiger partial charge on any atom is 0.241 e. The number of rotatable bonds is 3. The minimum Gasteiger partial charge on any atom is -0.495 e. The summed E-state index contributed by atoms with van der Waals surface area (Å²) >= 11 is 9.58. The van der Waals surface area contributed by atoms with Crippen molar-refractivity contribution in [3.05, 3.63) is 92.9 Å². The monoisotopic (exact) mass is 565 g/mol. The van der Waals surface area contributed by atoms with E-state index in [2.05, 4.69) is 15.9 Å². The molecule has 3 aromatic rings. The SMILES string of the molecule is COc1ccc(Cl)cc1N1C(=O)[C@@H]2[C@H](c3ccc(Br)cc3)OC3(C(=O)c4ccccc4C3=O)[C@H]2C1=O. The zero-order valence-corrected chi connectivity index (χ0v) is 21.1. The third kappa shape index (κ3) is 2.95. The number of halogens is 2. The Morgan fingerprint density at radius 1 is 0.917 bits per heavy atom. The maximum atomic E-state index is 14.0. The number of ether oxygens (including phenoxy) is 2. The Kier molecular flexibility index (Phi) is 5.19. The Labute approximate surface area is 219 Å². The highest BCUT2D eigenvalue weighted by Gasteiger charge is 2.74. The van der Waals surface area contributed by atoms with E-state index in [4.69, 9.17) is 21.1 Å². The first kappa shape index (κ1) is 23.1. The number of carbonyl (C=O) groups excluding carboxylic acids is 4. The van der Waals surface area contributed by atoms with Crippen LogP contribution < -0.4 is 9.64 Å². The van der Waals surface area contributed by atoms with Gasteiger partial charge in [0.1, 0.15) is 5.75 Å². The van der Waals surface area contributed by atoms with Crippen molar-refractivity contribution in [3.63, 3.8) is 0 Å². The number of benzene rings is 3. The summed E-state index contributed by atoms with van der Waals surface area (Å²) in [6.45, 7) is 0. The molecular formula is C27H17BrClNO6. The molecule has 3 aliphatic rings. The Bertz CT molecular complexity index is 1450. The van der Waals surface area contributed by atoms with Crippen LogP contribution in [-0.4, -0.2) is 36.1 Å². The summed E-state index contributed by atoms with van der Waals surface area (Å²) in [5.41, 5.74) is -1.06. The van der Waals surface area contributed by atoms with Crippen molar-refractivity contribution in [2.75, 3.05) is 12.0 Å². The molecule has 0 unspecified atom stereocenters. The van der Waals surface area contributed by atoms with E-state index in [0.29, 0.717) is 10.6 Å². The van der Waals surface area contributed by atoms with E-state index < -0.39 is 46.9 Å². The number of fused-ring (bicyclic) bond motifs is 3. The lowest BCUT2D eigenvalue weighted by Crippen LogP contribution is -2.51. The number of carbonyl (C=O) groups is 4. The minimum atomic E-state index is -2.14. The first-order valence-corrected chi connectivity index (χ1v) is 12.3. The molecule has 180 valence electrons. The second-order valence-corrected chi connectivity index (χ2v) is 10.2. The standard InChI is InChI=1S/C27H17BrClNO6/c1-35-19-11-10-15(29)12-18(19)30-25(33)20-21(26(30)34)27(36-22(20)13-6-8-14(28)9-7-13)23(31)16-4-2-3-5-17(16)24(27)32/h2-12,20-22H,1H3/t20-,21+,22-/m0/s1. The third-order valence-corrected chi connectivity index (χ3v) is 7.86. The molecule has 0 N–H and O–H groups in total. The van der Waals surface area contributed by atoms with E-state index in [9.17, 15) is 19.2 Å². The second-order valence-electron chi connectivity index (χ2n) is 8.86. The van der Waals surface area contributed by atoms with Crippen LogP contribution in [0, 0.1) is 11.8 Å². The van der Waals surface area contributed by atoms with Gasteiger partial charge in [-0.15, -0.1) is 0 Å². The van der Waals surface area contributed by atoms with Gasteiger partial charge in [0.25, 0.3) is 0 Å². The van der Waals surface area contributed by atoms with Crippen molar-refractivity contribution < 1.29 is 28.7 Å². The van der Waals surface area contributed by atoms with Crippen LogP contribution >= 0.6 is 27.5 Å². The van der Waals surface area contributed by atoms with Gasteiger partial charge in [0.05, 0.1) is 30.7 Å². The van der Waals surface area contributed by atoms with Crippen molar-refractivity contribution >= 4 is 56.6 Å². The first-order chi connectivity index (χ1) is 17.3. The number of nitrogens with zero attached hydrogens (tertiary/aromatic N) is 1. The summed E-state index contributed by atoms with van der Waals surface area (Å²) < 4.78 is 12.5. The summed E-state index contributed by atoms with van der Waals surface area (Å²) in [5, 5.41) is 0.291. The number of amides is 2. The van der Waals surface area contributed by atoms with Gasteiger partial charge < -0.3 is 9.47 Å². The molecule has 0 radical (unpaired) electrons. The fourth-order valence-corrected chi connectivity index (χ4v) is 5.98. The summed E-state index contributed by atoms with van der Waals surface area (Å²) in [6.07, 6.45) is -1.00. The number of hydrogen-bond acceptors (Lipinski definition) is 6. The minimum absolute atomic E-state index is 0.148. The van der Waals surface area contributed by atoms with E-state index in [1.807, 2.05) is 0 Å². The van der Waals surface area contributed by atoms with E-state index in [1.165, 1.54) is 25.3 Å². The van der Waals surface area contributed by atoms with E-state index in [0.717, 1.165) is 9.37 Å². The molecule has 2 saturated heterocycles. The van der Waals surface area contributed by atoms with Gasteiger partial charge in [-0.3, -0.25) is 19.2 Å². The average molecular weight is 567 g/mol. The predicted molar refractivity (Wildman–Crippen MR) is 133 cm³/mol. The van der Waals surface area contributed by atoms with Crippen LogP contribution in [0.4, 0.5) is 5.69 Å². The summed E-state index contributed by atoms with van der Waals surface area (Å²) in [7, 11) is 1.41. The molecule has 2 amide bonds. The molecule has 0 bridgehead atoms. The van der Waals surface area contributed by atoms with Gasteiger partial charge in [-0.25, -0.2) is 4.90 Å². The Morgan fingerprint density at radius 3 is 2.17 bits per heavy atom. The summed E-state index contributed by atoms with van der Waals surface area (Å²) in [5.74, 6) is -4.73. The van der Waals surface area contributed by atoms with Crippen LogP contribution in [-0.2, 0) is 14.3 Å². The second kappa shape index (κ2) is 8.09. The Morgan fingerprint density at radius 2 is 1.56 bits per heavy atom. The number of hydrogen-bond donors (Lipinski definition) is 0.